The number of anilines is 1. The molecule has 0 spiro atoms. The first-order valence-corrected chi connectivity index (χ1v) is 5.09. The molecule has 0 aliphatic heterocycles. The summed E-state index contributed by atoms with van der Waals surface area (Å²) >= 11 is 0. The summed E-state index contributed by atoms with van der Waals surface area (Å²) in [6, 6.07) is 3.69. The fourth-order valence-corrected chi connectivity index (χ4v) is 1.36. The molecule has 2 rings (SSSR count). The van der Waals surface area contributed by atoms with Crippen LogP contribution >= 0.6 is 0 Å². The Labute approximate surface area is 93.5 Å². The Balaban J connectivity index is 2.29. The summed E-state index contributed by atoms with van der Waals surface area (Å²) in [6.45, 7) is 3.11. The van der Waals surface area contributed by atoms with Gasteiger partial charge in [-0.2, -0.15) is 5.10 Å². The van der Waals surface area contributed by atoms with Crippen molar-refractivity contribution in [1.82, 2.24) is 19.7 Å². The van der Waals surface area contributed by atoms with Crippen molar-refractivity contribution >= 4 is 5.82 Å². The third-order valence-electron chi connectivity index (χ3n) is 2.01. The van der Waals surface area contributed by atoms with E-state index >= 15 is 0 Å². The van der Waals surface area contributed by atoms with Gasteiger partial charge in [0.25, 0.3) is 0 Å². The van der Waals surface area contributed by atoms with Gasteiger partial charge in [-0.15, -0.1) is 0 Å². The first-order valence-electron chi connectivity index (χ1n) is 5.09. The Morgan fingerprint density at radius 2 is 2.31 bits per heavy atom. The topological polar surface area (TPSA) is 81.6 Å². The van der Waals surface area contributed by atoms with Gasteiger partial charge in [0, 0.05) is 31.5 Å². The first-order chi connectivity index (χ1) is 7.79. The van der Waals surface area contributed by atoms with Crippen molar-refractivity contribution in [2.75, 3.05) is 18.4 Å². The number of rotatable bonds is 4. The zero-order valence-corrected chi connectivity index (χ0v) is 9.09. The summed E-state index contributed by atoms with van der Waals surface area (Å²) < 4.78 is 1.70. The van der Waals surface area contributed by atoms with Crippen LogP contribution in [0.25, 0.3) is 5.82 Å². The Hall–Kier alpha value is -1.95. The fourth-order valence-electron chi connectivity index (χ4n) is 1.36. The van der Waals surface area contributed by atoms with Crippen LogP contribution in [0.4, 0.5) is 5.82 Å². The number of hydrogen-bond acceptors (Lipinski definition) is 5. The van der Waals surface area contributed by atoms with Crippen LogP contribution in [-0.4, -0.2) is 32.8 Å². The van der Waals surface area contributed by atoms with Gasteiger partial charge in [-0.3, -0.25) is 0 Å². The Morgan fingerprint density at radius 1 is 1.44 bits per heavy atom. The summed E-state index contributed by atoms with van der Waals surface area (Å²) in [5.74, 6) is 2.22. The van der Waals surface area contributed by atoms with Crippen molar-refractivity contribution in [3.63, 3.8) is 0 Å². The molecular formula is C10H14N6. The second kappa shape index (κ2) is 4.71. The summed E-state index contributed by atoms with van der Waals surface area (Å²) in [6.07, 6.45) is 3.55. The van der Waals surface area contributed by atoms with Gasteiger partial charge in [0.05, 0.1) is 0 Å². The number of nitrogens with one attached hydrogen (secondary N) is 1. The average Bonchev–Trinajstić information content (AvgIpc) is 2.79. The Morgan fingerprint density at radius 3 is 3.00 bits per heavy atom. The lowest BCUT2D eigenvalue weighted by atomic mass is 10.4. The van der Waals surface area contributed by atoms with Gasteiger partial charge < -0.3 is 11.1 Å². The van der Waals surface area contributed by atoms with E-state index in [0.29, 0.717) is 18.9 Å². The lowest BCUT2D eigenvalue weighted by molar-refractivity contribution is 0.827. The highest BCUT2D eigenvalue weighted by Crippen LogP contribution is 2.09. The van der Waals surface area contributed by atoms with E-state index in [1.54, 1.807) is 10.9 Å². The maximum Gasteiger partial charge on any atom is 0.159 e. The molecule has 0 aliphatic rings. The molecule has 0 radical (unpaired) electrons. The Bertz CT molecular complexity index is 450. The quantitative estimate of drug-likeness (QED) is 0.773. The predicted molar refractivity (Wildman–Crippen MR) is 61.4 cm³/mol. The van der Waals surface area contributed by atoms with Crippen molar-refractivity contribution in [2.45, 2.75) is 6.92 Å². The normalized spacial score (nSPS) is 10.4. The number of nitrogens with two attached hydrogens (primary N) is 1. The molecule has 84 valence electrons. The number of aromatic nitrogens is 4. The highest BCUT2D eigenvalue weighted by molar-refractivity contribution is 5.41. The molecule has 0 fully saturated rings. The maximum absolute atomic E-state index is 5.42. The number of aryl methyl sites for hydroxylation is 1. The molecule has 0 amide bonds. The van der Waals surface area contributed by atoms with Crippen LogP contribution in [0.1, 0.15) is 5.82 Å². The molecule has 2 heterocycles. The number of hydrogen-bond donors (Lipinski definition) is 2. The number of nitrogens with zero attached hydrogens (tertiary/aromatic N) is 4. The smallest absolute Gasteiger partial charge is 0.159 e. The SMILES string of the molecule is Cc1nc(NCCN)cc(-n2cccn2)n1. The van der Waals surface area contributed by atoms with Crippen LogP contribution < -0.4 is 11.1 Å². The standard InChI is InChI=1S/C10H14N6/c1-8-14-9(12-5-3-11)7-10(15-8)16-6-2-4-13-16/h2,4,6-7H,3,5,11H2,1H3,(H,12,14,15). The van der Waals surface area contributed by atoms with Gasteiger partial charge in [0.15, 0.2) is 5.82 Å². The van der Waals surface area contributed by atoms with Crippen molar-refractivity contribution in [1.29, 1.82) is 0 Å². The molecule has 0 aromatic carbocycles. The maximum atomic E-state index is 5.42. The molecule has 0 saturated carbocycles. The molecule has 0 bridgehead atoms. The van der Waals surface area contributed by atoms with Crippen LogP contribution in [0, 0.1) is 6.92 Å². The van der Waals surface area contributed by atoms with Gasteiger partial charge in [-0.1, -0.05) is 0 Å². The molecule has 0 unspecified atom stereocenters. The van der Waals surface area contributed by atoms with Gasteiger partial charge >= 0.3 is 0 Å². The largest absolute Gasteiger partial charge is 0.369 e. The minimum Gasteiger partial charge on any atom is -0.369 e. The van der Waals surface area contributed by atoms with Crippen molar-refractivity contribution in [2.24, 2.45) is 5.73 Å². The van der Waals surface area contributed by atoms with E-state index < -0.39 is 0 Å². The highest BCUT2D eigenvalue weighted by atomic mass is 15.3. The molecule has 3 N–H and O–H groups in total. The zero-order chi connectivity index (χ0) is 11.4. The molecule has 2 aromatic heterocycles. The van der Waals surface area contributed by atoms with E-state index in [9.17, 15) is 0 Å². The summed E-state index contributed by atoms with van der Waals surface area (Å²) in [5.41, 5.74) is 5.42. The lowest BCUT2D eigenvalue weighted by Crippen LogP contribution is -2.15. The van der Waals surface area contributed by atoms with E-state index in [1.807, 2.05) is 25.3 Å². The molecule has 6 nitrogen and oxygen atoms in total. The summed E-state index contributed by atoms with van der Waals surface area (Å²) in [7, 11) is 0. The second-order valence-electron chi connectivity index (χ2n) is 3.32. The first kappa shape index (κ1) is 10.6. The van der Waals surface area contributed by atoms with Crippen LogP contribution in [-0.2, 0) is 0 Å². The lowest BCUT2D eigenvalue weighted by Gasteiger charge is -2.07. The highest BCUT2D eigenvalue weighted by Gasteiger charge is 2.03. The van der Waals surface area contributed by atoms with Gasteiger partial charge in [-0.05, 0) is 13.0 Å². The third-order valence-corrected chi connectivity index (χ3v) is 2.01. The van der Waals surface area contributed by atoms with Crippen molar-refractivity contribution in [3.8, 4) is 5.82 Å². The van der Waals surface area contributed by atoms with Crippen molar-refractivity contribution in [3.05, 3.63) is 30.4 Å². The molecule has 0 saturated heterocycles. The zero-order valence-electron chi connectivity index (χ0n) is 9.09. The Kier molecular flexibility index (Phi) is 3.11. The third kappa shape index (κ3) is 2.34. The molecule has 0 atom stereocenters. The van der Waals surface area contributed by atoms with E-state index in [2.05, 4.69) is 20.4 Å². The van der Waals surface area contributed by atoms with E-state index in [1.165, 1.54) is 0 Å². The summed E-state index contributed by atoms with van der Waals surface area (Å²) in [4.78, 5) is 8.56. The van der Waals surface area contributed by atoms with Crippen molar-refractivity contribution < 1.29 is 0 Å². The fraction of sp³-hybridized carbons (Fsp3) is 0.300. The van der Waals surface area contributed by atoms with Crippen LogP contribution in [0.5, 0.6) is 0 Å². The van der Waals surface area contributed by atoms with Gasteiger partial charge in [0.1, 0.15) is 11.6 Å². The molecule has 0 aliphatic carbocycles. The van der Waals surface area contributed by atoms with E-state index in [0.717, 1.165) is 11.6 Å². The van der Waals surface area contributed by atoms with Crippen LogP contribution in [0.15, 0.2) is 24.5 Å². The molecular weight excluding hydrogens is 204 g/mol. The molecule has 2 aromatic rings. The second-order valence-corrected chi connectivity index (χ2v) is 3.32. The predicted octanol–water partition coefficient (Wildman–Crippen LogP) is 0.341. The minimum absolute atomic E-state index is 0.570. The monoisotopic (exact) mass is 218 g/mol. The van der Waals surface area contributed by atoms with Gasteiger partial charge in [-0.25, -0.2) is 14.6 Å². The van der Waals surface area contributed by atoms with Crippen LogP contribution in [0.3, 0.4) is 0 Å². The van der Waals surface area contributed by atoms with E-state index in [4.69, 9.17) is 5.73 Å². The molecule has 6 heteroatoms. The van der Waals surface area contributed by atoms with E-state index in [-0.39, 0.29) is 0 Å². The van der Waals surface area contributed by atoms with Gasteiger partial charge in [0.2, 0.25) is 0 Å². The minimum atomic E-state index is 0.570. The summed E-state index contributed by atoms with van der Waals surface area (Å²) in [5, 5.41) is 7.24. The van der Waals surface area contributed by atoms with Crippen LogP contribution in [0.2, 0.25) is 0 Å². The molecule has 16 heavy (non-hydrogen) atoms. The average molecular weight is 218 g/mol.